The number of pyridine rings is 1. The maximum atomic E-state index is 11.4. The molecule has 0 radical (unpaired) electrons. The molecule has 0 atom stereocenters. The van der Waals surface area contributed by atoms with Crippen molar-refractivity contribution in [3.63, 3.8) is 0 Å². The highest BCUT2D eigenvalue weighted by molar-refractivity contribution is 6.35. The number of carbonyl (C=O) groups excluding carboxylic acids is 1. The fraction of sp³-hybridized carbons (Fsp3) is 0.417. The van der Waals surface area contributed by atoms with Crippen molar-refractivity contribution in [2.75, 3.05) is 25.0 Å². The van der Waals surface area contributed by atoms with Crippen LogP contribution in [0, 0.1) is 0 Å². The number of halogens is 2. The largest absolute Gasteiger partial charge is 0.481 e. The van der Waals surface area contributed by atoms with Gasteiger partial charge in [0.25, 0.3) is 0 Å². The third-order valence-corrected chi connectivity index (χ3v) is 2.86. The van der Waals surface area contributed by atoms with Crippen LogP contribution in [0.2, 0.25) is 10.0 Å². The molecule has 0 aliphatic heterocycles. The summed E-state index contributed by atoms with van der Waals surface area (Å²) < 4.78 is 0. The van der Waals surface area contributed by atoms with Gasteiger partial charge in [0.2, 0.25) is 0 Å². The van der Waals surface area contributed by atoms with E-state index in [9.17, 15) is 9.59 Å². The predicted molar refractivity (Wildman–Crippen MR) is 81.0 cm³/mol. The molecule has 0 saturated carbocycles. The summed E-state index contributed by atoms with van der Waals surface area (Å²) in [6.07, 6.45) is 1.90. The zero-order chi connectivity index (χ0) is 15.7. The van der Waals surface area contributed by atoms with Crippen LogP contribution in [0.5, 0.6) is 0 Å². The van der Waals surface area contributed by atoms with Crippen molar-refractivity contribution in [1.29, 1.82) is 0 Å². The molecule has 116 valence electrons. The molecular weight excluding hydrogens is 319 g/mol. The zero-order valence-electron chi connectivity index (χ0n) is 11.2. The topological polar surface area (TPSA) is 103 Å². The second kappa shape index (κ2) is 9.25. The maximum absolute atomic E-state index is 11.4. The first-order valence-corrected chi connectivity index (χ1v) is 7.03. The van der Waals surface area contributed by atoms with E-state index in [1.54, 1.807) is 6.07 Å². The van der Waals surface area contributed by atoms with Crippen LogP contribution in [0.25, 0.3) is 0 Å². The molecule has 2 amide bonds. The lowest BCUT2D eigenvalue weighted by molar-refractivity contribution is -0.137. The van der Waals surface area contributed by atoms with Crippen molar-refractivity contribution >= 4 is 41.0 Å². The normalized spacial score (nSPS) is 10.0. The Kier molecular flexibility index (Phi) is 7.63. The fourth-order valence-corrected chi connectivity index (χ4v) is 1.85. The molecule has 1 rings (SSSR count). The van der Waals surface area contributed by atoms with E-state index in [2.05, 4.69) is 20.9 Å². The summed E-state index contributed by atoms with van der Waals surface area (Å²) in [6.45, 7) is 1.12. The number of carboxylic acid groups (broad SMARTS) is 1. The Morgan fingerprint density at radius 2 is 1.90 bits per heavy atom. The number of nitrogens with one attached hydrogen (secondary N) is 3. The van der Waals surface area contributed by atoms with Crippen LogP contribution in [0.15, 0.2) is 12.3 Å². The number of aliphatic carboxylic acids is 1. The zero-order valence-corrected chi connectivity index (χ0v) is 12.7. The number of hydrogen-bond acceptors (Lipinski definition) is 4. The summed E-state index contributed by atoms with van der Waals surface area (Å²) in [7, 11) is 0. The maximum Gasteiger partial charge on any atom is 0.314 e. The Morgan fingerprint density at radius 3 is 2.57 bits per heavy atom. The smallest absolute Gasteiger partial charge is 0.314 e. The van der Waals surface area contributed by atoms with Crippen molar-refractivity contribution in [2.45, 2.75) is 12.8 Å². The first-order chi connectivity index (χ1) is 9.99. The van der Waals surface area contributed by atoms with Gasteiger partial charge in [-0.1, -0.05) is 23.2 Å². The van der Waals surface area contributed by atoms with Gasteiger partial charge >= 0.3 is 12.0 Å². The highest BCUT2D eigenvalue weighted by atomic mass is 35.5. The van der Waals surface area contributed by atoms with E-state index in [1.165, 1.54) is 6.20 Å². The lowest BCUT2D eigenvalue weighted by atomic mass is 10.3. The third kappa shape index (κ3) is 7.57. The first kappa shape index (κ1) is 17.3. The van der Waals surface area contributed by atoms with Gasteiger partial charge in [-0.2, -0.15) is 0 Å². The van der Waals surface area contributed by atoms with Crippen LogP contribution in [-0.4, -0.2) is 41.7 Å². The van der Waals surface area contributed by atoms with Crippen LogP contribution in [0.4, 0.5) is 10.6 Å². The summed E-state index contributed by atoms with van der Waals surface area (Å²) in [5.74, 6) is -0.390. The molecule has 0 bridgehead atoms. The quantitative estimate of drug-likeness (QED) is 0.544. The van der Waals surface area contributed by atoms with Gasteiger partial charge in [0.1, 0.15) is 5.82 Å². The van der Waals surface area contributed by atoms with E-state index in [0.717, 1.165) is 0 Å². The standard InChI is InChI=1S/C12H16Cl2N4O3/c13-8-6-9(14)11(18-7-8)15-4-5-17-12(21)16-3-1-2-10(19)20/h6-7H,1-5H2,(H,15,18)(H,19,20)(H2,16,17,21). The lowest BCUT2D eigenvalue weighted by Crippen LogP contribution is -2.38. The second-order valence-corrected chi connectivity index (χ2v) is 4.93. The van der Waals surface area contributed by atoms with Crippen molar-refractivity contribution in [1.82, 2.24) is 15.6 Å². The number of nitrogens with zero attached hydrogens (tertiary/aromatic N) is 1. The minimum absolute atomic E-state index is 0.0303. The Balaban J connectivity index is 2.13. The molecule has 0 aliphatic rings. The fourth-order valence-electron chi connectivity index (χ4n) is 1.41. The Labute approximate surface area is 132 Å². The minimum Gasteiger partial charge on any atom is -0.481 e. The Morgan fingerprint density at radius 1 is 1.19 bits per heavy atom. The number of anilines is 1. The summed E-state index contributed by atoms with van der Waals surface area (Å²) in [5.41, 5.74) is 0. The molecule has 0 unspecified atom stereocenters. The van der Waals surface area contributed by atoms with Gasteiger partial charge in [0, 0.05) is 32.3 Å². The van der Waals surface area contributed by atoms with Crippen molar-refractivity contribution in [2.24, 2.45) is 0 Å². The monoisotopic (exact) mass is 334 g/mol. The van der Waals surface area contributed by atoms with Crippen LogP contribution in [0.1, 0.15) is 12.8 Å². The lowest BCUT2D eigenvalue weighted by Gasteiger charge is -2.09. The molecule has 0 aromatic carbocycles. The summed E-state index contributed by atoms with van der Waals surface area (Å²) in [5, 5.41) is 17.4. The van der Waals surface area contributed by atoms with Gasteiger partial charge in [-0.15, -0.1) is 0 Å². The van der Waals surface area contributed by atoms with Crippen LogP contribution in [-0.2, 0) is 4.79 Å². The highest BCUT2D eigenvalue weighted by Gasteiger charge is 2.03. The van der Waals surface area contributed by atoms with E-state index < -0.39 is 5.97 Å². The molecule has 0 spiro atoms. The first-order valence-electron chi connectivity index (χ1n) is 6.27. The third-order valence-electron chi connectivity index (χ3n) is 2.36. The number of aromatic nitrogens is 1. The molecule has 7 nitrogen and oxygen atoms in total. The molecule has 1 aromatic heterocycles. The van der Waals surface area contributed by atoms with E-state index in [4.69, 9.17) is 28.3 Å². The summed E-state index contributed by atoms with van der Waals surface area (Å²) >= 11 is 11.6. The summed E-state index contributed by atoms with van der Waals surface area (Å²) in [4.78, 5) is 25.6. The average molecular weight is 335 g/mol. The number of hydrogen-bond donors (Lipinski definition) is 4. The molecular formula is C12H16Cl2N4O3. The van der Waals surface area contributed by atoms with Crippen molar-refractivity contribution in [3.8, 4) is 0 Å². The molecule has 0 fully saturated rings. The highest BCUT2D eigenvalue weighted by Crippen LogP contribution is 2.21. The Hall–Kier alpha value is -1.73. The van der Waals surface area contributed by atoms with Crippen LogP contribution in [0.3, 0.4) is 0 Å². The van der Waals surface area contributed by atoms with Gasteiger partial charge in [-0.3, -0.25) is 4.79 Å². The van der Waals surface area contributed by atoms with E-state index in [-0.39, 0.29) is 12.5 Å². The number of rotatable bonds is 8. The van der Waals surface area contributed by atoms with Crippen molar-refractivity contribution in [3.05, 3.63) is 22.3 Å². The molecule has 21 heavy (non-hydrogen) atoms. The SMILES string of the molecule is O=C(O)CCCNC(=O)NCCNc1ncc(Cl)cc1Cl. The minimum atomic E-state index is -0.881. The Bertz CT molecular complexity index is 499. The number of amides is 2. The number of carboxylic acids is 1. The molecule has 1 aromatic rings. The molecule has 4 N–H and O–H groups in total. The van der Waals surface area contributed by atoms with Crippen molar-refractivity contribution < 1.29 is 14.7 Å². The second-order valence-electron chi connectivity index (χ2n) is 4.09. The van der Waals surface area contributed by atoms with Gasteiger partial charge in [-0.25, -0.2) is 9.78 Å². The van der Waals surface area contributed by atoms with Crippen LogP contribution >= 0.6 is 23.2 Å². The summed E-state index contributed by atoms with van der Waals surface area (Å²) in [6, 6.07) is 1.22. The van der Waals surface area contributed by atoms with E-state index >= 15 is 0 Å². The molecule has 0 aliphatic carbocycles. The van der Waals surface area contributed by atoms with Gasteiger partial charge < -0.3 is 21.1 Å². The van der Waals surface area contributed by atoms with Gasteiger partial charge in [-0.05, 0) is 12.5 Å². The average Bonchev–Trinajstić information content (AvgIpc) is 2.41. The van der Waals surface area contributed by atoms with E-state index in [1.807, 2.05) is 0 Å². The molecule has 9 heteroatoms. The number of urea groups is 1. The predicted octanol–water partition coefficient (Wildman–Crippen LogP) is 1.96. The van der Waals surface area contributed by atoms with E-state index in [0.29, 0.717) is 41.9 Å². The van der Waals surface area contributed by atoms with Gasteiger partial charge in [0.05, 0.1) is 10.0 Å². The molecule has 0 saturated heterocycles. The van der Waals surface area contributed by atoms with Gasteiger partial charge in [0.15, 0.2) is 0 Å². The van der Waals surface area contributed by atoms with Crippen LogP contribution < -0.4 is 16.0 Å². The number of carbonyl (C=O) groups is 2. The molecule has 1 heterocycles.